The summed E-state index contributed by atoms with van der Waals surface area (Å²) in [4.78, 5) is 64.8. The molecule has 1 unspecified atom stereocenters. The summed E-state index contributed by atoms with van der Waals surface area (Å²) in [6.45, 7) is 25.1. The number of carbonyl (C=O) groups is 4. The molecule has 708 valence electrons. The predicted molar refractivity (Wildman–Crippen MR) is 477 cm³/mol. The average Bonchev–Trinajstić information content (AvgIpc) is 1.59. The Hall–Kier alpha value is -4.79. The van der Waals surface area contributed by atoms with Gasteiger partial charge in [0.15, 0.2) is 36.7 Å². The molecule has 0 radical (unpaired) electrons. The minimum absolute atomic E-state index is 0.0364. The van der Waals surface area contributed by atoms with Gasteiger partial charge in [0.25, 0.3) is 0 Å². The summed E-state index contributed by atoms with van der Waals surface area (Å²) >= 11 is 5.90. The number of halogens is 1. The van der Waals surface area contributed by atoms with Crippen molar-refractivity contribution < 1.29 is 100 Å². The predicted octanol–water partition coefficient (Wildman–Crippen LogP) is 14.7. The summed E-state index contributed by atoms with van der Waals surface area (Å²) in [5.41, 5.74) is 2.88. The van der Waals surface area contributed by atoms with Crippen molar-refractivity contribution in [3.63, 3.8) is 0 Å². The first-order valence-electron chi connectivity index (χ1n) is 47.5. The topological polar surface area (TPSA) is 273 Å². The number of aryl methyl sites for hydroxylation is 1. The Morgan fingerprint density at radius 2 is 0.992 bits per heavy atom. The second-order valence-electron chi connectivity index (χ2n) is 40.0. The standard InChI is InChI=1S/C42H67NO10.C41H65NO10.C16H22ClN3O/c1-11-26-13-12-14-35(53-37-16-15-34(43(6)7)24(4)49-37)23(3)38(45)33-20-31-29(32(33)21-36(44)51-26)17-22(2)28-18-27(19-30(28)31)52-42-41(48-10)40(47-9)39(46-8)25(5)50-42;1-10-26-12-11-13-34(52-36-17-16-33(42(5)6)23(3)48-36)22(2)37(44)32-20-30-28(31(32)21-35(43)50-26)15-14-25-18-27(19-29(25)30)51-41-40(47-9)39(46-8)38(45-7)24(4)49-41;1-15(2,3)16(21,10-20-12-18-11-19-20)9-8-13-4-6-14(17)7-5-13/h17,20,23-32,34-35,37,39-42H,11-16,18-19,21H2,1-10H3;14-15,20,22-31,33-34,36,38-41H,10-13,16-19,21H2,1-9H3;4-7,11-12,21H,8-10H2,1-3H3/t23-,24-,25+,26+,27-,28+,29-,30-,31-,32+,34+,35+,37+,39+,40-,41-,42+;22-,23-,24+,25-,26+,27-,28-,29-,30-,31+,33+,34+,36+,38+,39-,40-,41+;/m11./s1. The van der Waals surface area contributed by atoms with Crippen LogP contribution >= 0.6 is 11.6 Å². The van der Waals surface area contributed by atoms with Crippen LogP contribution in [0.2, 0.25) is 5.02 Å². The number of methoxy groups -OCH3 is 6. The van der Waals surface area contributed by atoms with Gasteiger partial charge in [-0.15, -0.1) is 0 Å². The van der Waals surface area contributed by atoms with Gasteiger partial charge >= 0.3 is 11.9 Å². The molecule has 1 aromatic heterocycles. The summed E-state index contributed by atoms with van der Waals surface area (Å²) in [6.07, 6.45) is 24.0. The van der Waals surface area contributed by atoms with Crippen molar-refractivity contribution >= 4 is 35.1 Å². The van der Waals surface area contributed by atoms with Gasteiger partial charge in [-0.25, -0.2) is 4.98 Å². The number of benzene rings is 1. The number of esters is 2. The molecule has 7 heterocycles. The van der Waals surface area contributed by atoms with Crippen LogP contribution < -0.4 is 0 Å². The largest absolute Gasteiger partial charge is 0.462 e. The van der Waals surface area contributed by atoms with Gasteiger partial charge in [0.05, 0.1) is 73.8 Å². The summed E-state index contributed by atoms with van der Waals surface area (Å²) in [7, 11) is 18.3. The number of ketones is 2. The Morgan fingerprint density at radius 1 is 0.524 bits per heavy atom. The molecule has 126 heavy (non-hydrogen) atoms. The summed E-state index contributed by atoms with van der Waals surface area (Å²) < 4.78 is 101. The molecule has 0 bridgehead atoms. The third kappa shape index (κ3) is 23.3. The van der Waals surface area contributed by atoms with Crippen molar-refractivity contribution in [1.29, 1.82) is 0 Å². The van der Waals surface area contributed by atoms with Crippen molar-refractivity contribution in [1.82, 2.24) is 24.6 Å². The molecule has 6 aliphatic carbocycles. The van der Waals surface area contributed by atoms with Gasteiger partial charge in [-0.3, -0.25) is 23.9 Å². The van der Waals surface area contributed by atoms with Crippen molar-refractivity contribution in [3.8, 4) is 0 Å². The van der Waals surface area contributed by atoms with Crippen molar-refractivity contribution in [2.45, 2.75) is 359 Å². The highest BCUT2D eigenvalue weighted by molar-refractivity contribution is 6.30. The van der Waals surface area contributed by atoms with E-state index in [1.54, 1.807) is 53.7 Å². The van der Waals surface area contributed by atoms with E-state index in [0.29, 0.717) is 49.7 Å². The fourth-order valence-electron chi connectivity index (χ4n) is 23.5. The summed E-state index contributed by atoms with van der Waals surface area (Å²) in [5, 5.41) is 16.0. The lowest BCUT2D eigenvalue weighted by atomic mass is 9.67. The van der Waals surface area contributed by atoms with E-state index in [1.165, 1.54) is 17.5 Å². The molecule has 2 aromatic rings. The molecule has 6 saturated heterocycles. The smallest absolute Gasteiger partial charge is 0.306 e. The lowest BCUT2D eigenvalue weighted by Gasteiger charge is -2.44. The minimum Gasteiger partial charge on any atom is -0.462 e. The molecule has 1 aromatic carbocycles. The van der Waals surface area contributed by atoms with E-state index in [0.717, 1.165) is 112 Å². The highest BCUT2D eigenvalue weighted by atomic mass is 35.5. The zero-order chi connectivity index (χ0) is 90.9. The number of aromatic nitrogens is 3. The number of rotatable bonds is 23. The van der Waals surface area contributed by atoms with Crippen LogP contribution in [0, 0.1) is 76.4 Å². The van der Waals surface area contributed by atoms with E-state index in [4.69, 9.17) is 87.4 Å². The fraction of sp³-hybridized carbons (Fsp3) is 0.798. The van der Waals surface area contributed by atoms with E-state index in [9.17, 15) is 24.3 Å². The molecular formula is C99H154ClN5O21. The van der Waals surface area contributed by atoms with Crippen molar-refractivity contribution in [2.75, 3.05) is 70.8 Å². The van der Waals surface area contributed by atoms with Crippen LogP contribution in [-0.2, 0) is 108 Å². The zero-order valence-electron chi connectivity index (χ0n) is 79.6. The number of Topliss-reactive ketones (excluding diaryl/α,β-unsaturated/α-hetero) is 2. The first kappa shape index (κ1) is 100. The van der Waals surface area contributed by atoms with Gasteiger partial charge in [0.2, 0.25) is 0 Å². The molecule has 12 aliphatic rings. The van der Waals surface area contributed by atoms with E-state index in [-0.39, 0.29) is 199 Å². The molecule has 8 fully saturated rings. The number of hydrogen-bond donors (Lipinski definition) is 1. The molecular weight excluding hydrogens is 1630 g/mol. The van der Waals surface area contributed by atoms with Crippen LogP contribution in [0.25, 0.3) is 0 Å². The number of ether oxygens (including phenoxy) is 16. The molecule has 14 rings (SSSR count). The van der Waals surface area contributed by atoms with Gasteiger partial charge in [-0.05, 0) is 260 Å². The molecule has 35 atom stereocenters. The Balaban J connectivity index is 0.000000187. The van der Waals surface area contributed by atoms with Crippen LogP contribution in [0.15, 0.2) is 84.0 Å². The van der Waals surface area contributed by atoms with Crippen molar-refractivity contribution in [3.05, 3.63) is 94.6 Å². The van der Waals surface area contributed by atoms with Crippen LogP contribution in [0.4, 0.5) is 0 Å². The van der Waals surface area contributed by atoms with E-state index in [1.807, 2.05) is 72.7 Å². The normalized spacial score (nSPS) is 40.4. The number of allylic oxidation sites excluding steroid dienone is 8. The number of nitrogens with zero attached hydrogens (tertiary/aromatic N) is 5. The summed E-state index contributed by atoms with van der Waals surface area (Å²) in [6, 6.07) is 8.44. The van der Waals surface area contributed by atoms with Gasteiger partial charge in [-0.1, -0.05) is 108 Å². The second-order valence-corrected chi connectivity index (χ2v) is 40.4. The molecule has 0 amide bonds. The fourth-order valence-corrected chi connectivity index (χ4v) is 23.6. The Labute approximate surface area is 756 Å². The number of aliphatic hydroxyl groups is 1. The molecule has 1 N–H and O–H groups in total. The number of cyclic esters (lactones) is 2. The van der Waals surface area contributed by atoms with Crippen LogP contribution in [0.1, 0.15) is 211 Å². The van der Waals surface area contributed by atoms with Crippen LogP contribution in [-0.4, -0.2) is 265 Å². The van der Waals surface area contributed by atoms with Gasteiger partial charge in [0.1, 0.15) is 61.5 Å². The number of hydrogen-bond acceptors (Lipinski definition) is 25. The third-order valence-corrected chi connectivity index (χ3v) is 31.2. The van der Waals surface area contributed by atoms with Gasteiger partial charge in [-0.2, -0.15) is 5.10 Å². The van der Waals surface area contributed by atoms with E-state index < -0.39 is 30.4 Å². The number of carbonyl (C=O) groups excluding carboxylic acids is 4. The number of likely N-dealkylation sites (N-methyl/N-ethyl adjacent to an activating group) is 2. The third-order valence-electron chi connectivity index (χ3n) is 30.9. The van der Waals surface area contributed by atoms with Gasteiger partial charge < -0.3 is 90.7 Å². The Bertz CT molecular complexity index is 3950. The highest BCUT2D eigenvalue weighted by Crippen LogP contribution is 2.58. The maximum Gasteiger partial charge on any atom is 0.306 e. The lowest BCUT2D eigenvalue weighted by molar-refractivity contribution is -0.314. The van der Waals surface area contributed by atoms with Gasteiger partial charge in [0, 0.05) is 83.4 Å². The van der Waals surface area contributed by atoms with Crippen LogP contribution in [0.3, 0.4) is 0 Å². The molecule has 0 spiro atoms. The monoisotopic (exact) mass is 1780 g/mol. The molecule has 27 heteroatoms. The first-order chi connectivity index (χ1) is 60.1. The van der Waals surface area contributed by atoms with E-state index >= 15 is 0 Å². The van der Waals surface area contributed by atoms with Crippen LogP contribution in [0.5, 0.6) is 0 Å². The molecule has 26 nitrogen and oxygen atoms in total. The maximum absolute atomic E-state index is 14.7. The minimum atomic E-state index is -0.861. The Morgan fingerprint density at radius 3 is 1.44 bits per heavy atom. The number of fused-ring (bicyclic) bond motifs is 10. The Kier molecular flexibility index (Phi) is 35.7. The maximum atomic E-state index is 14.7. The zero-order valence-corrected chi connectivity index (χ0v) is 80.3. The van der Waals surface area contributed by atoms with E-state index in [2.05, 4.69) is 113 Å². The molecule has 6 aliphatic heterocycles. The lowest BCUT2D eigenvalue weighted by Crippen LogP contribution is -2.59. The quantitative estimate of drug-likeness (QED) is 0.0799. The van der Waals surface area contributed by atoms with Crippen molar-refractivity contribution in [2.24, 2.45) is 76.4 Å². The molecule has 2 saturated carbocycles. The second kappa shape index (κ2) is 44.8. The first-order valence-corrected chi connectivity index (χ1v) is 47.8. The average molecular weight is 1790 g/mol. The highest BCUT2D eigenvalue weighted by Gasteiger charge is 2.57. The SMILES string of the molecule is CC(C)(C)C(O)(CCc1ccc(Cl)cc1)Cn1cncn1.CC[C@H]1CCC[C@H](O[C@H]2CC[C@H](N(C)C)[C@@H](C)O2)[C@@H](C)C(=O)C2=C[C@@H]3[C@@H](C=C(C)[C@@H]4C[C@@H](O[C@@H]5O[C@@H](C)[C@H](OC)[C@@H](OC)[C@H]5OC)C[C@@H]34)[C@@H]2CC(=O)O1.CC[C@H]1CCC[C@H](O[C@H]2CC[C@H](N(C)C)[C@@H](C)O2)[C@@H](C)C(=O)C2=C[C@@H]3[C@@H](C=C[C@@H]4C[C@@H](O[C@@H]5O[C@@H](C)[C@H](OC)[C@@H](OC)[C@H]5OC)C[C@@H]34)[C@@H]2CC(=O)O1. The summed E-state index contributed by atoms with van der Waals surface area (Å²) in [5.74, 6) is 0.0293.